The molecule has 4 heteroatoms. The van der Waals surface area contributed by atoms with E-state index < -0.39 is 0 Å². The van der Waals surface area contributed by atoms with Crippen molar-refractivity contribution in [3.63, 3.8) is 0 Å². The highest BCUT2D eigenvalue weighted by Gasteiger charge is 2.12. The van der Waals surface area contributed by atoms with Gasteiger partial charge in [-0.1, -0.05) is 54.1 Å². The van der Waals surface area contributed by atoms with Crippen LogP contribution in [0, 0.1) is 6.92 Å². The molecule has 0 N–H and O–H groups in total. The fourth-order valence-corrected chi connectivity index (χ4v) is 3.53. The van der Waals surface area contributed by atoms with Gasteiger partial charge in [-0.25, -0.2) is 4.68 Å². The maximum absolute atomic E-state index is 12.8. The van der Waals surface area contributed by atoms with Crippen LogP contribution in [0.15, 0.2) is 70.8 Å². The Hall–Kier alpha value is -2.72. The van der Waals surface area contributed by atoms with Crippen molar-refractivity contribution in [2.24, 2.45) is 0 Å². The summed E-state index contributed by atoms with van der Waals surface area (Å²) in [7, 11) is 0. The van der Waals surface area contributed by atoms with Crippen LogP contribution in [-0.2, 0) is 6.54 Å². The quantitative estimate of drug-likeness (QED) is 0.554. The fourth-order valence-electron chi connectivity index (χ4n) is 2.80. The van der Waals surface area contributed by atoms with Crippen molar-refractivity contribution in [3.8, 4) is 10.6 Å². The molecule has 2 aromatic carbocycles. The molecule has 24 heavy (non-hydrogen) atoms. The monoisotopic (exact) mass is 332 g/mol. The maximum Gasteiger partial charge on any atom is 0.274 e. The number of rotatable bonds is 3. The third-order valence-electron chi connectivity index (χ3n) is 4.08. The van der Waals surface area contributed by atoms with Crippen LogP contribution in [0.25, 0.3) is 21.3 Å². The van der Waals surface area contributed by atoms with Crippen LogP contribution < -0.4 is 5.56 Å². The van der Waals surface area contributed by atoms with Gasteiger partial charge in [0.15, 0.2) is 0 Å². The molecule has 0 fully saturated rings. The smallest absolute Gasteiger partial charge is 0.267 e. The van der Waals surface area contributed by atoms with E-state index >= 15 is 0 Å². The molecule has 0 spiro atoms. The number of nitrogens with zero attached hydrogens (tertiary/aromatic N) is 2. The van der Waals surface area contributed by atoms with E-state index in [0.717, 1.165) is 21.5 Å². The van der Waals surface area contributed by atoms with Gasteiger partial charge in [-0.05, 0) is 30.0 Å². The van der Waals surface area contributed by atoms with Gasteiger partial charge in [-0.3, -0.25) is 4.79 Å². The largest absolute Gasteiger partial charge is 0.274 e. The Morgan fingerprint density at radius 2 is 1.71 bits per heavy atom. The summed E-state index contributed by atoms with van der Waals surface area (Å²) in [6.07, 6.45) is 0. The molecule has 0 radical (unpaired) electrons. The van der Waals surface area contributed by atoms with E-state index in [0.29, 0.717) is 11.9 Å². The van der Waals surface area contributed by atoms with Crippen LogP contribution in [0.2, 0.25) is 0 Å². The molecule has 0 saturated carbocycles. The molecule has 0 aliphatic carbocycles. The van der Waals surface area contributed by atoms with Crippen LogP contribution >= 0.6 is 11.3 Å². The number of fused-ring (bicyclic) bond motifs is 1. The average molecular weight is 332 g/mol. The number of aromatic nitrogens is 2. The van der Waals surface area contributed by atoms with Crippen molar-refractivity contribution >= 4 is 22.1 Å². The van der Waals surface area contributed by atoms with E-state index in [9.17, 15) is 4.79 Å². The Morgan fingerprint density at radius 3 is 2.42 bits per heavy atom. The third kappa shape index (κ3) is 2.65. The predicted octanol–water partition coefficient (Wildman–Crippen LogP) is 4.48. The number of benzene rings is 2. The number of hydrogen-bond donors (Lipinski definition) is 0. The topological polar surface area (TPSA) is 34.9 Å². The van der Waals surface area contributed by atoms with Crippen molar-refractivity contribution in [3.05, 3.63) is 87.5 Å². The van der Waals surface area contributed by atoms with Gasteiger partial charge in [-0.15, -0.1) is 11.3 Å². The van der Waals surface area contributed by atoms with E-state index in [1.807, 2.05) is 53.9 Å². The number of aryl methyl sites for hydroxylation is 1. The molecule has 118 valence electrons. The second-order valence-corrected chi connectivity index (χ2v) is 6.77. The Morgan fingerprint density at radius 1 is 0.958 bits per heavy atom. The Balaban J connectivity index is 1.91. The summed E-state index contributed by atoms with van der Waals surface area (Å²) in [5, 5.41) is 8.32. The minimum absolute atomic E-state index is 0.0496. The summed E-state index contributed by atoms with van der Waals surface area (Å²) in [5.74, 6) is 0. The maximum atomic E-state index is 12.8. The second-order valence-electron chi connectivity index (χ2n) is 5.82. The van der Waals surface area contributed by atoms with Gasteiger partial charge in [0.05, 0.1) is 16.8 Å². The molecule has 2 aromatic heterocycles. The highest BCUT2D eigenvalue weighted by molar-refractivity contribution is 7.13. The summed E-state index contributed by atoms with van der Waals surface area (Å²) >= 11 is 1.64. The second kappa shape index (κ2) is 6.06. The third-order valence-corrected chi connectivity index (χ3v) is 4.95. The first-order valence-corrected chi connectivity index (χ1v) is 8.69. The van der Waals surface area contributed by atoms with E-state index in [-0.39, 0.29) is 5.56 Å². The highest BCUT2D eigenvalue weighted by Crippen LogP contribution is 2.28. The van der Waals surface area contributed by atoms with Crippen LogP contribution in [0.4, 0.5) is 0 Å². The van der Waals surface area contributed by atoms with E-state index in [2.05, 4.69) is 24.2 Å². The minimum atomic E-state index is -0.0496. The number of thiophene rings is 1. The Kier molecular flexibility index (Phi) is 3.75. The zero-order valence-electron chi connectivity index (χ0n) is 13.3. The lowest BCUT2D eigenvalue weighted by Gasteiger charge is -2.10. The van der Waals surface area contributed by atoms with Crippen molar-refractivity contribution in [2.75, 3.05) is 0 Å². The van der Waals surface area contributed by atoms with Gasteiger partial charge in [0.25, 0.3) is 5.56 Å². The average Bonchev–Trinajstić information content (AvgIpc) is 3.14. The lowest BCUT2D eigenvalue weighted by Crippen LogP contribution is -2.24. The van der Waals surface area contributed by atoms with Crippen LogP contribution in [0.1, 0.15) is 11.1 Å². The molecule has 0 bridgehead atoms. The molecule has 4 aromatic rings. The molecule has 0 saturated heterocycles. The van der Waals surface area contributed by atoms with Gasteiger partial charge in [0.2, 0.25) is 0 Å². The number of hydrogen-bond acceptors (Lipinski definition) is 3. The highest BCUT2D eigenvalue weighted by atomic mass is 32.1. The van der Waals surface area contributed by atoms with Crippen molar-refractivity contribution < 1.29 is 0 Å². The van der Waals surface area contributed by atoms with Crippen molar-refractivity contribution in [2.45, 2.75) is 13.5 Å². The van der Waals surface area contributed by atoms with Crippen LogP contribution in [-0.4, -0.2) is 9.78 Å². The predicted molar refractivity (Wildman–Crippen MR) is 99.6 cm³/mol. The van der Waals surface area contributed by atoms with Crippen LogP contribution in [0.5, 0.6) is 0 Å². The molecule has 0 aliphatic heterocycles. The minimum Gasteiger partial charge on any atom is -0.267 e. The van der Waals surface area contributed by atoms with Crippen molar-refractivity contribution in [1.82, 2.24) is 9.78 Å². The lowest BCUT2D eigenvalue weighted by atomic mass is 10.1. The molecule has 4 rings (SSSR count). The summed E-state index contributed by atoms with van der Waals surface area (Å²) in [6, 6.07) is 19.9. The van der Waals surface area contributed by atoms with Gasteiger partial charge in [-0.2, -0.15) is 5.10 Å². The SMILES string of the molecule is Cc1ccc(Cn2nc(-c3cccs3)c3ccccc3c2=O)cc1. The summed E-state index contributed by atoms with van der Waals surface area (Å²) in [6.45, 7) is 2.53. The Labute approximate surface area is 143 Å². The molecular formula is C20H16N2OS. The summed E-state index contributed by atoms with van der Waals surface area (Å²) < 4.78 is 1.57. The summed E-state index contributed by atoms with van der Waals surface area (Å²) in [4.78, 5) is 13.9. The first kappa shape index (κ1) is 14.8. The standard InChI is InChI=1S/C20H16N2OS/c1-14-8-10-15(11-9-14)13-22-20(23)17-6-3-2-5-16(17)19(21-22)18-7-4-12-24-18/h2-12H,13H2,1H3. The van der Waals surface area contributed by atoms with Gasteiger partial charge in [0, 0.05) is 5.39 Å². The fraction of sp³-hybridized carbons (Fsp3) is 0.100. The van der Waals surface area contributed by atoms with Crippen LogP contribution in [0.3, 0.4) is 0 Å². The van der Waals surface area contributed by atoms with Crippen molar-refractivity contribution in [1.29, 1.82) is 0 Å². The molecule has 0 aliphatic rings. The lowest BCUT2D eigenvalue weighted by molar-refractivity contribution is 0.651. The zero-order chi connectivity index (χ0) is 16.5. The molecule has 3 nitrogen and oxygen atoms in total. The van der Waals surface area contributed by atoms with Gasteiger partial charge in [0.1, 0.15) is 5.69 Å². The van der Waals surface area contributed by atoms with Gasteiger partial charge >= 0.3 is 0 Å². The Bertz CT molecular complexity index is 1050. The molecular weight excluding hydrogens is 316 g/mol. The zero-order valence-corrected chi connectivity index (χ0v) is 14.1. The first-order chi connectivity index (χ1) is 11.7. The normalized spacial score (nSPS) is 11.0. The molecule has 0 atom stereocenters. The molecule has 2 heterocycles. The van der Waals surface area contributed by atoms with E-state index in [4.69, 9.17) is 0 Å². The molecule has 0 amide bonds. The first-order valence-electron chi connectivity index (χ1n) is 7.82. The molecule has 0 unspecified atom stereocenters. The van der Waals surface area contributed by atoms with E-state index in [1.54, 1.807) is 16.0 Å². The summed E-state index contributed by atoms with van der Waals surface area (Å²) in [5.41, 5.74) is 3.10. The van der Waals surface area contributed by atoms with Gasteiger partial charge < -0.3 is 0 Å². The van der Waals surface area contributed by atoms with E-state index in [1.165, 1.54) is 5.56 Å².